The van der Waals surface area contributed by atoms with E-state index in [9.17, 15) is 4.39 Å². The quantitative estimate of drug-likeness (QED) is 0.877. The monoisotopic (exact) mass is 259 g/mol. The summed E-state index contributed by atoms with van der Waals surface area (Å²) in [5.41, 5.74) is -0.189. The van der Waals surface area contributed by atoms with Gasteiger partial charge < -0.3 is 5.32 Å². The van der Waals surface area contributed by atoms with E-state index in [1.54, 1.807) is 14.0 Å². The molecule has 0 saturated heterocycles. The van der Waals surface area contributed by atoms with Gasteiger partial charge >= 0.3 is 0 Å². The maximum atomic E-state index is 13.9. The van der Waals surface area contributed by atoms with Crippen molar-refractivity contribution in [2.75, 3.05) is 13.6 Å². The smallest absolute Gasteiger partial charge is 0.124 e. The summed E-state index contributed by atoms with van der Waals surface area (Å²) in [7, 11) is 1.76. The van der Waals surface area contributed by atoms with Gasteiger partial charge in [-0.2, -0.15) is 0 Å². The van der Waals surface area contributed by atoms with Gasteiger partial charge in [0, 0.05) is 17.4 Å². The molecule has 0 aliphatic carbocycles. The van der Waals surface area contributed by atoms with E-state index in [1.807, 2.05) is 24.3 Å². The minimum absolute atomic E-state index is 0.369. The Morgan fingerprint density at radius 1 is 1.43 bits per heavy atom. The molecule has 0 aliphatic rings. The van der Waals surface area contributed by atoms with E-state index < -0.39 is 5.67 Å². The third-order valence-corrected chi connectivity index (χ3v) is 2.84. The van der Waals surface area contributed by atoms with Gasteiger partial charge in [-0.15, -0.1) is 0 Å². The lowest BCUT2D eigenvalue weighted by atomic mass is 9.98. The van der Waals surface area contributed by atoms with Crippen LogP contribution in [0.5, 0.6) is 0 Å². The second-order valence-electron chi connectivity index (χ2n) is 3.71. The van der Waals surface area contributed by atoms with Gasteiger partial charge in [0.05, 0.1) is 0 Å². The van der Waals surface area contributed by atoms with Crippen molar-refractivity contribution in [3.63, 3.8) is 0 Å². The van der Waals surface area contributed by atoms with Crippen molar-refractivity contribution in [2.24, 2.45) is 0 Å². The maximum absolute atomic E-state index is 13.9. The van der Waals surface area contributed by atoms with Crippen molar-refractivity contribution in [1.82, 2.24) is 5.32 Å². The molecule has 1 N–H and O–H groups in total. The Morgan fingerprint density at radius 3 is 2.64 bits per heavy atom. The number of alkyl halides is 1. The molecule has 0 spiro atoms. The molecule has 78 valence electrons. The highest BCUT2D eigenvalue weighted by Gasteiger charge is 2.23. The minimum Gasteiger partial charge on any atom is -0.317 e. The lowest BCUT2D eigenvalue weighted by molar-refractivity contribution is 0.188. The molecule has 0 heterocycles. The largest absolute Gasteiger partial charge is 0.317 e. The Labute approximate surface area is 92.8 Å². The molecule has 1 aromatic rings. The lowest BCUT2D eigenvalue weighted by Crippen LogP contribution is -2.34. The summed E-state index contributed by atoms with van der Waals surface area (Å²) in [4.78, 5) is 0. The molecule has 1 nitrogen and oxygen atoms in total. The third-order valence-electron chi connectivity index (χ3n) is 2.06. The van der Waals surface area contributed by atoms with E-state index in [-0.39, 0.29) is 0 Å². The molecule has 3 heteroatoms. The number of rotatable bonds is 4. The topological polar surface area (TPSA) is 12.0 Å². The molecule has 0 bridgehead atoms. The first-order valence-corrected chi connectivity index (χ1v) is 5.41. The second-order valence-corrected chi connectivity index (χ2v) is 4.57. The van der Waals surface area contributed by atoms with Crippen LogP contribution in [0.1, 0.15) is 12.5 Å². The molecule has 14 heavy (non-hydrogen) atoms. The van der Waals surface area contributed by atoms with Gasteiger partial charge in [0.15, 0.2) is 0 Å². The van der Waals surface area contributed by atoms with Crippen LogP contribution in [0.4, 0.5) is 4.39 Å². The molecule has 0 aromatic heterocycles. The highest BCUT2D eigenvalue weighted by Crippen LogP contribution is 2.23. The molecule has 1 aromatic carbocycles. The zero-order chi connectivity index (χ0) is 10.6. The summed E-state index contributed by atoms with van der Waals surface area (Å²) < 4.78 is 14.8. The summed E-state index contributed by atoms with van der Waals surface area (Å²) in [6.45, 7) is 1.98. The number of benzene rings is 1. The second kappa shape index (κ2) is 4.89. The van der Waals surface area contributed by atoms with Crippen molar-refractivity contribution in [2.45, 2.75) is 19.0 Å². The van der Waals surface area contributed by atoms with Crippen LogP contribution in [0, 0.1) is 0 Å². The summed E-state index contributed by atoms with van der Waals surface area (Å²) in [6, 6.07) is 7.74. The molecule has 0 radical (unpaired) electrons. The average Bonchev–Trinajstić information content (AvgIpc) is 2.08. The van der Waals surface area contributed by atoms with Crippen LogP contribution in [0.2, 0.25) is 0 Å². The molecular weight excluding hydrogens is 245 g/mol. The summed E-state index contributed by atoms with van der Waals surface area (Å²) in [5, 5.41) is 2.86. The summed E-state index contributed by atoms with van der Waals surface area (Å²) >= 11 is 3.41. The Bertz CT molecular complexity index is 299. The van der Waals surface area contributed by atoms with Gasteiger partial charge in [0.1, 0.15) is 5.67 Å². The van der Waals surface area contributed by atoms with E-state index in [0.29, 0.717) is 13.0 Å². The predicted molar refractivity (Wildman–Crippen MR) is 61.3 cm³/mol. The van der Waals surface area contributed by atoms with Crippen LogP contribution in [0.25, 0.3) is 0 Å². The summed E-state index contributed by atoms with van der Waals surface area (Å²) in [5.74, 6) is 0. The summed E-state index contributed by atoms with van der Waals surface area (Å²) in [6.07, 6.45) is 0.426. The molecule has 1 atom stereocenters. The SMILES string of the molecule is CNCC(C)(F)Cc1ccccc1Br. The first kappa shape index (κ1) is 11.7. The predicted octanol–water partition coefficient (Wildman–Crippen LogP) is 2.94. The van der Waals surface area contributed by atoms with Crippen molar-refractivity contribution in [3.05, 3.63) is 34.3 Å². The Hall–Kier alpha value is -0.410. The molecule has 0 aliphatic heterocycles. The van der Waals surface area contributed by atoms with Gasteiger partial charge in [-0.25, -0.2) is 4.39 Å². The molecule has 0 amide bonds. The normalized spacial score (nSPS) is 15.1. The number of hydrogen-bond donors (Lipinski definition) is 1. The van der Waals surface area contributed by atoms with E-state index in [4.69, 9.17) is 0 Å². The van der Waals surface area contributed by atoms with Gasteiger partial charge in [0.25, 0.3) is 0 Å². The van der Waals surface area contributed by atoms with E-state index in [1.165, 1.54) is 0 Å². The molecule has 0 fully saturated rings. The van der Waals surface area contributed by atoms with Gasteiger partial charge in [-0.05, 0) is 25.6 Å². The minimum atomic E-state index is -1.20. The van der Waals surface area contributed by atoms with E-state index >= 15 is 0 Å². The van der Waals surface area contributed by atoms with E-state index in [2.05, 4.69) is 21.2 Å². The molecular formula is C11H15BrFN. The van der Waals surface area contributed by atoms with Gasteiger partial charge in [-0.1, -0.05) is 34.1 Å². The fourth-order valence-electron chi connectivity index (χ4n) is 1.47. The zero-order valence-electron chi connectivity index (χ0n) is 8.48. The molecule has 1 rings (SSSR count). The van der Waals surface area contributed by atoms with Gasteiger partial charge in [-0.3, -0.25) is 0 Å². The van der Waals surface area contributed by atoms with Crippen LogP contribution < -0.4 is 5.32 Å². The van der Waals surface area contributed by atoms with Crippen molar-refractivity contribution >= 4 is 15.9 Å². The Kier molecular flexibility index (Phi) is 4.08. The first-order chi connectivity index (χ1) is 6.55. The van der Waals surface area contributed by atoms with Gasteiger partial charge in [0.2, 0.25) is 0 Å². The highest BCUT2D eigenvalue weighted by atomic mass is 79.9. The van der Waals surface area contributed by atoms with Crippen LogP contribution >= 0.6 is 15.9 Å². The number of hydrogen-bond acceptors (Lipinski definition) is 1. The zero-order valence-corrected chi connectivity index (χ0v) is 10.1. The fourth-order valence-corrected chi connectivity index (χ4v) is 1.89. The molecule has 1 unspecified atom stereocenters. The number of halogens is 2. The molecule has 0 saturated carbocycles. The average molecular weight is 260 g/mol. The van der Waals surface area contributed by atoms with Crippen LogP contribution in [-0.4, -0.2) is 19.3 Å². The maximum Gasteiger partial charge on any atom is 0.124 e. The Balaban J connectivity index is 2.73. The lowest BCUT2D eigenvalue weighted by Gasteiger charge is -2.20. The van der Waals surface area contributed by atoms with Crippen molar-refractivity contribution in [1.29, 1.82) is 0 Å². The highest BCUT2D eigenvalue weighted by molar-refractivity contribution is 9.10. The third kappa shape index (κ3) is 3.39. The first-order valence-electron chi connectivity index (χ1n) is 4.62. The standard InChI is InChI=1S/C11H15BrFN/c1-11(13,8-14-2)7-9-5-3-4-6-10(9)12/h3-6,14H,7-8H2,1-2H3. The van der Waals surface area contributed by atoms with Crippen LogP contribution in [0.3, 0.4) is 0 Å². The number of nitrogens with one attached hydrogen (secondary N) is 1. The van der Waals surface area contributed by atoms with Crippen molar-refractivity contribution in [3.8, 4) is 0 Å². The van der Waals surface area contributed by atoms with Crippen molar-refractivity contribution < 1.29 is 4.39 Å². The fraction of sp³-hybridized carbons (Fsp3) is 0.455. The van der Waals surface area contributed by atoms with Crippen LogP contribution in [-0.2, 0) is 6.42 Å². The van der Waals surface area contributed by atoms with E-state index in [0.717, 1.165) is 10.0 Å². The van der Waals surface area contributed by atoms with Crippen LogP contribution in [0.15, 0.2) is 28.7 Å². The Morgan fingerprint density at radius 2 is 2.07 bits per heavy atom.